The molecule has 6 nitrogen and oxygen atoms in total. The molecule has 1 rings (SSSR count). The summed E-state index contributed by atoms with van der Waals surface area (Å²) < 4.78 is 4.56. The average Bonchev–Trinajstić information content (AvgIpc) is 2.50. The molecule has 0 fully saturated rings. The molecule has 120 valence electrons. The van der Waals surface area contributed by atoms with Gasteiger partial charge < -0.3 is 21.1 Å². The van der Waals surface area contributed by atoms with Crippen LogP contribution >= 0.6 is 24.0 Å². The highest BCUT2D eigenvalue weighted by molar-refractivity contribution is 8.00. The van der Waals surface area contributed by atoms with Crippen molar-refractivity contribution in [2.75, 3.05) is 24.7 Å². The number of thiocarbonyl (C=S) groups is 1. The molecule has 0 radical (unpaired) electrons. The highest BCUT2D eigenvalue weighted by atomic mass is 32.2. The number of amides is 1. The molecule has 1 aromatic rings. The Morgan fingerprint density at radius 1 is 1.36 bits per heavy atom. The van der Waals surface area contributed by atoms with Crippen LogP contribution in [0.2, 0.25) is 0 Å². The number of hydrogen-bond donors (Lipinski definition) is 3. The van der Waals surface area contributed by atoms with E-state index in [2.05, 4.69) is 15.4 Å². The zero-order chi connectivity index (χ0) is 16.4. The third-order valence-electron chi connectivity index (χ3n) is 2.58. The predicted octanol–water partition coefficient (Wildman–Crippen LogP) is 1.50. The summed E-state index contributed by atoms with van der Waals surface area (Å²) in [6, 6.07) is 7.50. The minimum absolute atomic E-state index is 0.206. The number of carbonyl (C=O) groups excluding carboxylic acids is 2. The van der Waals surface area contributed by atoms with Crippen molar-refractivity contribution in [2.24, 2.45) is 5.73 Å². The van der Waals surface area contributed by atoms with E-state index in [1.165, 1.54) is 18.9 Å². The molecule has 0 atom stereocenters. The summed E-state index contributed by atoms with van der Waals surface area (Å²) in [5.41, 5.74) is 5.96. The molecule has 0 unspecified atom stereocenters. The lowest BCUT2D eigenvalue weighted by atomic mass is 10.3. The lowest BCUT2D eigenvalue weighted by molar-refractivity contribution is -0.140. The molecule has 0 aliphatic rings. The second-order valence-electron chi connectivity index (χ2n) is 4.31. The maximum Gasteiger partial charge on any atom is 0.305 e. The summed E-state index contributed by atoms with van der Waals surface area (Å²) in [4.78, 5) is 22.7. The van der Waals surface area contributed by atoms with Gasteiger partial charge in [-0.3, -0.25) is 9.59 Å². The van der Waals surface area contributed by atoms with Crippen molar-refractivity contribution in [3.8, 4) is 0 Å². The molecule has 0 aromatic heterocycles. The zero-order valence-electron chi connectivity index (χ0n) is 12.3. The van der Waals surface area contributed by atoms with E-state index in [0.717, 1.165) is 10.6 Å². The first-order chi connectivity index (χ1) is 10.5. The fourth-order valence-corrected chi connectivity index (χ4v) is 2.51. The Kier molecular flexibility index (Phi) is 8.31. The minimum atomic E-state index is -0.372. The Bertz CT molecular complexity index is 538. The first kappa shape index (κ1) is 18.2. The SMILES string of the molecule is COC(=O)CCCNC(=S)Nc1ccccc1SCC(N)=O. The number of rotatable bonds is 8. The largest absolute Gasteiger partial charge is 0.469 e. The number of ether oxygens (including phenoxy) is 1. The van der Waals surface area contributed by atoms with Crippen molar-refractivity contribution in [1.82, 2.24) is 5.32 Å². The van der Waals surface area contributed by atoms with Crippen LogP contribution in [0.5, 0.6) is 0 Å². The number of carbonyl (C=O) groups is 2. The van der Waals surface area contributed by atoms with Crippen LogP contribution in [0, 0.1) is 0 Å². The van der Waals surface area contributed by atoms with Gasteiger partial charge in [-0.05, 0) is 30.8 Å². The molecule has 4 N–H and O–H groups in total. The van der Waals surface area contributed by atoms with Crippen molar-refractivity contribution in [2.45, 2.75) is 17.7 Å². The van der Waals surface area contributed by atoms with E-state index in [4.69, 9.17) is 18.0 Å². The normalized spacial score (nSPS) is 9.86. The summed E-state index contributed by atoms with van der Waals surface area (Å²) in [6.45, 7) is 0.567. The Morgan fingerprint density at radius 3 is 2.77 bits per heavy atom. The maximum absolute atomic E-state index is 11.0. The Morgan fingerprint density at radius 2 is 2.09 bits per heavy atom. The molecule has 1 amide bonds. The number of hydrogen-bond acceptors (Lipinski definition) is 5. The summed E-state index contributed by atoms with van der Waals surface area (Å²) in [5.74, 6) is -0.407. The quantitative estimate of drug-likeness (QED) is 0.285. The van der Waals surface area contributed by atoms with E-state index in [9.17, 15) is 9.59 Å². The summed E-state index contributed by atoms with van der Waals surface area (Å²) in [7, 11) is 1.36. The zero-order valence-corrected chi connectivity index (χ0v) is 13.9. The van der Waals surface area contributed by atoms with Crippen LogP contribution in [0.3, 0.4) is 0 Å². The minimum Gasteiger partial charge on any atom is -0.469 e. The first-order valence-electron chi connectivity index (χ1n) is 6.64. The van der Waals surface area contributed by atoms with Crippen LogP contribution < -0.4 is 16.4 Å². The standard InChI is InChI=1S/C14H19N3O3S2/c1-20-13(19)7-4-8-16-14(21)17-10-5-2-3-6-11(10)22-9-12(15)18/h2-3,5-6H,4,7-9H2,1H3,(H2,15,18)(H2,16,17,21). The van der Waals surface area contributed by atoms with E-state index >= 15 is 0 Å². The summed E-state index contributed by atoms with van der Waals surface area (Å²) in [5, 5.41) is 6.54. The van der Waals surface area contributed by atoms with Gasteiger partial charge >= 0.3 is 5.97 Å². The Labute approximate surface area is 139 Å². The van der Waals surface area contributed by atoms with Crippen LogP contribution in [0.15, 0.2) is 29.2 Å². The molecule has 0 heterocycles. The molecule has 0 bridgehead atoms. The highest BCUT2D eigenvalue weighted by Crippen LogP contribution is 2.26. The Balaban J connectivity index is 2.43. The number of esters is 1. The van der Waals surface area contributed by atoms with Crippen LogP contribution in [0.4, 0.5) is 5.69 Å². The number of nitrogens with one attached hydrogen (secondary N) is 2. The van der Waals surface area contributed by atoms with Gasteiger partial charge in [0, 0.05) is 17.9 Å². The topological polar surface area (TPSA) is 93.4 Å². The average molecular weight is 341 g/mol. The monoisotopic (exact) mass is 341 g/mol. The van der Waals surface area contributed by atoms with Crippen molar-refractivity contribution in [3.05, 3.63) is 24.3 Å². The number of primary amides is 1. The fourth-order valence-electron chi connectivity index (χ4n) is 1.55. The molecule has 0 saturated heterocycles. The third-order valence-corrected chi connectivity index (χ3v) is 3.92. The predicted molar refractivity (Wildman–Crippen MR) is 91.8 cm³/mol. The van der Waals surface area contributed by atoms with E-state index in [1.54, 1.807) is 0 Å². The van der Waals surface area contributed by atoms with Gasteiger partial charge in [-0.2, -0.15) is 0 Å². The number of benzene rings is 1. The van der Waals surface area contributed by atoms with E-state index in [-0.39, 0.29) is 17.6 Å². The molecule has 0 spiro atoms. The van der Waals surface area contributed by atoms with Crippen molar-refractivity contribution in [3.63, 3.8) is 0 Å². The van der Waals surface area contributed by atoms with E-state index in [0.29, 0.717) is 24.5 Å². The number of nitrogens with two attached hydrogens (primary N) is 1. The molecular weight excluding hydrogens is 322 g/mol. The molecule has 22 heavy (non-hydrogen) atoms. The lowest BCUT2D eigenvalue weighted by Crippen LogP contribution is -2.29. The van der Waals surface area contributed by atoms with E-state index in [1.807, 2.05) is 24.3 Å². The van der Waals surface area contributed by atoms with Crippen molar-refractivity contribution in [1.29, 1.82) is 0 Å². The van der Waals surface area contributed by atoms with Crippen LogP contribution in [-0.4, -0.2) is 36.4 Å². The molecule has 0 aliphatic heterocycles. The van der Waals surface area contributed by atoms with Gasteiger partial charge in [-0.1, -0.05) is 12.1 Å². The summed E-state index contributed by atoms with van der Waals surface area (Å²) in [6.07, 6.45) is 0.976. The van der Waals surface area contributed by atoms with Gasteiger partial charge in [0.15, 0.2) is 5.11 Å². The van der Waals surface area contributed by atoms with Crippen LogP contribution in [-0.2, 0) is 14.3 Å². The third kappa shape index (κ3) is 7.28. The second-order valence-corrected chi connectivity index (χ2v) is 5.74. The number of methoxy groups -OCH3 is 1. The first-order valence-corrected chi connectivity index (χ1v) is 8.04. The van der Waals surface area contributed by atoms with Crippen LogP contribution in [0.25, 0.3) is 0 Å². The highest BCUT2D eigenvalue weighted by Gasteiger charge is 2.06. The number of anilines is 1. The van der Waals surface area contributed by atoms with Crippen molar-refractivity contribution < 1.29 is 14.3 Å². The maximum atomic E-state index is 11.0. The molecule has 1 aromatic carbocycles. The second kappa shape index (κ2) is 10.0. The Hall–Kier alpha value is -1.80. The molecule has 8 heteroatoms. The lowest BCUT2D eigenvalue weighted by Gasteiger charge is -2.13. The summed E-state index contributed by atoms with van der Waals surface area (Å²) >= 11 is 6.55. The van der Waals surface area contributed by atoms with Gasteiger partial charge in [-0.15, -0.1) is 11.8 Å². The molecule has 0 saturated carbocycles. The number of para-hydroxylation sites is 1. The van der Waals surface area contributed by atoms with Gasteiger partial charge in [0.2, 0.25) is 5.91 Å². The van der Waals surface area contributed by atoms with Gasteiger partial charge in [0.25, 0.3) is 0 Å². The molecular formula is C14H19N3O3S2. The van der Waals surface area contributed by atoms with E-state index < -0.39 is 0 Å². The van der Waals surface area contributed by atoms with Gasteiger partial charge in [-0.25, -0.2) is 0 Å². The number of thioether (sulfide) groups is 1. The van der Waals surface area contributed by atoms with Crippen molar-refractivity contribution >= 4 is 46.7 Å². The smallest absolute Gasteiger partial charge is 0.305 e. The molecule has 0 aliphatic carbocycles. The van der Waals surface area contributed by atoms with Crippen LogP contribution in [0.1, 0.15) is 12.8 Å². The van der Waals surface area contributed by atoms with Gasteiger partial charge in [0.1, 0.15) is 0 Å². The van der Waals surface area contributed by atoms with Gasteiger partial charge in [0.05, 0.1) is 18.6 Å². The fraction of sp³-hybridized carbons (Fsp3) is 0.357.